The molecule has 2 aliphatic rings. The molecule has 7 heteroatoms. The highest BCUT2D eigenvalue weighted by molar-refractivity contribution is 7.80. The molecule has 0 bridgehead atoms. The molecule has 28 heavy (non-hydrogen) atoms. The van der Waals surface area contributed by atoms with Crippen molar-refractivity contribution < 1.29 is 13.8 Å². The molecule has 0 atom stereocenters. The van der Waals surface area contributed by atoms with E-state index in [0.717, 1.165) is 47.8 Å². The van der Waals surface area contributed by atoms with Gasteiger partial charge >= 0.3 is 7.67 Å². The number of benzene rings is 3. The minimum Gasteiger partial charge on any atom is -0.456 e. The minimum atomic E-state index is -2.82. The molecule has 2 aliphatic heterocycles. The molecule has 144 valence electrons. The van der Waals surface area contributed by atoms with E-state index in [0.29, 0.717) is 5.75 Å². The Kier molecular flexibility index (Phi) is 4.69. The van der Waals surface area contributed by atoms with Crippen LogP contribution in [0.3, 0.4) is 0 Å². The van der Waals surface area contributed by atoms with Gasteiger partial charge in [0.25, 0.3) is 0 Å². The van der Waals surface area contributed by atoms with Gasteiger partial charge in [0, 0.05) is 31.1 Å². The summed E-state index contributed by atoms with van der Waals surface area (Å²) in [5.74, 6) is 1.42. The molecule has 5 nitrogen and oxygen atoms in total. The van der Waals surface area contributed by atoms with Crippen LogP contribution in [0, 0.1) is 0 Å². The summed E-state index contributed by atoms with van der Waals surface area (Å²) in [6.45, 7) is 3.67. The Morgan fingerprint density at radius 1 is 0.893 bits per heavy atom. The topological polar surface area (TPSA) is 41.5 Å². The van der Waals surface area contributed by atoms with Crippen LogP contribution in [0.1, 0.15) is 5.56 Å². The maximum Gasteiger partial charge on any atom is 0.346 e. The number of hydrogen-bond donors (Lipinski definition) is 1. The van der Waals surface area contributed by atoms with E-state index in [4.69, 9.17) is 9.26 Å². The first kappa shape index (κ1) is 18.2. The molecule has 3 aromatic rings. The molecular weight excluding hydrogens is 391 g/mol. The largest absolute Gasteiger partial charge is 0.456 e. The summed E-state index contributed by atoms with van der Waals surface area (Å²) in [6.07, 6.45) is 0. The van der Waals surface area contributed by atoms with Crippen LogP contribution in [0.15, 0.2) is 65.6 Å². The number of thiol groups is 1. The maximum atomic E-state index is 13.1. The molecule has 2 saturated heterocycles. The first-order valence-electron chi connectivity index (χ1n) is 9.36. The van der Waals surface area contributed by atoms with Gasteiger partial charge in [0.1, 0.15) is 11.5 Å². The lowest BCUT2D eigenvalue weighted by atomic mass is 10.1. The van der Waals surface area contributed by atoms with Gasteiger partial charge < -0.3 is 9.26 Å². The van der Waals surface area contributed by atoms with Crippen LogP contribution >= 0.6 is 20.3 Å². The van der Waals surface area contributed by atoms with Crippen molar-refractivity contribution in [3.05, 3.63) is 66.2 Å². The summed E-state index contributed by atoms with van der Waals surface area (Å²) in [5, 5.41) is 2.29. The van der Waals surface area contributed by atoms with Gasteiger partial charge in [0.05, 0.1) is 6.61 Å². The lowest BCUT2D eigenvalue weighted by Gasteiger charge is -2.20. The zero-order valence-electron chi connectivity index (χ0n) is 15.3. The summed E-state index contributed by atoms with van der Waals surface area (Å²) in [7, 11) is -2.82. The van der Waals surface area contributed by atoms with Crippen molar-refractivity contribution >= 4 is 31.1 Å². The van der Waals surface area contributed by atoms with Crippen LogP contribution in [0.2, 0.25) is 0 Å². The number of rotatable bonds is 7. The van der Waals surface area contributed by atoms with Crippen LogP contribution < -0.4 is 4.74 Å². The zero-order valence-corrected chi connectivity index (χ0v) is 17.1. The maximum absolute atomic E-state index is 13.1. The quantitative estimate of drug-likeness (QED) is 0.329. The van der Waals surface area contributed by atoms with Crippen molar-refractivity contribution in [3.8, 4) is 11.5 Å². The van der Waals surface area contributed by atoms with E-state index in [2.05, 4.69) is 24.8 Å². The highest BCUT2D eigenvalue weighted by Gasteiger charge is 2.49. The van der Waals surface area contributed by atoms with Crippen molar-refractivity contribution in [1.29, 1.82) is 0 Å². The Labute approximate surface area is 169 Å². The van der Waals surface area contributed by atoms with Gasteiger partial charge in [0.15, 0.2) is 0 Å². The number of hydrogen-bond acceptors (Lipinski definition) is 4. The molecule has 3 aromatic carbocycles. The fourth-order valence-electron chi connectivity index (χ4n) is 3.18. The number of fused-ring (bicyclic) bond motifs is 1. The van der Waals surface area contributed by atoms with Crippen molar-refractivity contribution in [2.45, 2.75) is 11.5 Å². The third-order valence-corrected chi connectivity index (χ3v) is 8.00. The van der Waals surface area contributed by atoms with E-state index in [1.807, 2.05) is 57.9 Å². The molecule has 0 radical (unpaired) electrons. The Morgan fingerprint density at radius 2 is 1.61 bits per heavy atom. The lowest BCUT2D eigenvalue weighted by Crippen LogP contribution is -2.08. The average molecular weight is 412 g/mol. The van der Waals surface area contributed by atoms with Crippen LogP contribution in [0.25, 0.3) is 10.8 Å². The molecule has 0 unspecified atom stereocenters. The standard InChI is InChI=1S/C21H21N2O3PS/c24-27(22-9-10-22,23-11-12-23)25-15-16-5-8-21(28)20(13-16)26-19-7-6-17-3-1-2-4-18(17)14-19/h1-8,13-14,28H,9-12,15H2. The van der Waals surface area contributed by atoms with E-state index >= 15 is 0 Å². The second-order valence-corrected chi connectivity index (χ2v) is 9.94. The smallest absolute Gasteiger partial charge is 0.346 e. The van der Waals surface area contributed by atoms with Gasteiger partial charge in [0.2, 0.25) is 0 Å². The highest BCUT2D eigenvalue weighted by atomic mass is 32.1. The summed E-state index contributed by atoms with van der Waals surface area (Å²) < 4.78 is 28.9. The van der Waals surface area contributed by atoms with Gasteiger partial charge in [-0.1, -0.05) is 36.4 Å². The van der Waals surface area contributed by atoms with E-state index < -0.39 is 7.67 Å². The normalized spacial score (nSPS) is 17.0. The first-order chi connectivity index (χ1) is 13.6. The molecule has 2 heterocycles. The Balaban J connectivity index is 1.34. The summed E-state index contributed by atoms with van der Waals surface area (Å²) in [6, 6.07) is 19.9. The third-order valence-electron chi connectivity index (χ3n) is 4.93. The Hall–Kier alpha value is -1.82. The van der Waals surface area contributed by atoms with Crippen LogP contribution in [-0.2, 0) is 15.7 Å². The molecule has 0 saturated carbocycles. The fraction of sp³-hybridized carbons (Fsp3) is 0.238. The summed E-state index contributed by atoms with van der Waals surface area (Å²) in [4.78, 5) is 0.747. The van der Waals surface area contributed by atoms with Crippen LogP contribution in [0.4, 0.5) is 0 Å². The van der Waals surface area contributed by atoms with E-state index in [-0.39, 0.29) is 6.61 Å². The predicted molar refractivity (Wildman–Crippen MR) is 113 cm³/mol. The Bertz CT molecular complexity index is 1070. The van der Waals surface area contributed by atoms with Gasteiger partial charge in [-0.15, -0.1) is 12.6 Å². The molecule has 0 aliphatic carbocycles. The fourth-order valence-corrected chi connectivity index (χ4v) is 5.56. The number of ether oxygens (including phenoxy) is 1. The van der Waals surface area contributed by atoms with E-state index in [9.17, 15) is 4.57 Å². The molecule has 2 fully saturated rings. The number of nitrogens with zero attached hydrogens (tertiary/aromatic N) is 2. The zero-order chi connectivity index (χ0) is 19.1. The Morgan fingerprint density at radius 3 is 2.32 bits per heavy atom. The molecule has 0 aromatic heterocycles. The first-order valence-corrected chi connectivity index (χ1v) is 11.3. The SMILES string of the molecule is O=P(OCc1ccc(S)c(Oc2ccc3ccccc3c2)c1)(N1CC1)N1CC1. The highest BCUT2D eigenvalue weighted by Crippen LogP contribution is 2.61. The molecule has 0 amide bonds. The third kappa shape index (κ3) is 3.71. The van der Waals surface area contributed by atoms with Crippen LogP contribution in [-0.4, -0.2) is 35.5 Å². The molecule has 5 rings (SSSR count). The van der Waals surface area contributed by atoms with Crippen molar-refractivity contribution in [1.82, 2.24) is 9.34 Å². The van der Waals surface area contributed by atoms with Gasteiger partial charge in [-0.05, 0) is 40.6 Å². The average Bonchev–Trinajstić information content (AvgIpc) is 3.59. The lowest BCUT2D eigenvalue weighted by molar-refractivity contribution is 0.263. The van der Waals surface area contributed by atoms with Crippen LogP contribution in [0.5, 0.6) is 11.5 Å². The monoisotopic (exact) mass is 412 g/mol. The molecule has 0 spiro atoms. The minimum absolute atomic E-state index is 0.284. The van der Waals surface area contributed by atoms with E-state index in [1.54, 1.807) is 0 Å². The molecular formula is C21H21N2O3PS. The van der Waals surface area contributed by atoms with Gasteiger partial charge in [-0.3, -0.25) is 4.57 Å². The molecule has 0 N–H and O–H groups in total. The summed E-state index contributed by atoms with van der Waals surface area (Å²) in [5.41, 5.74) is 0.914. The predicted octanol–water partition coefficient (Wildman–Crippen LogP) is 5.18. The van der Waals surface area contributed by atoms with Crippen molar-refractivity contribution in [3.63, 3.8) is 0 Å². The van der Waals surface area contributed by atoms with Gasteiger partial charge in [-0.2, -0.15) is 0 Å². The second-order valence-electron chi connectivity index (χ2n) is 7.08. The van der Waals surface area contributed by atoms with Crippen molar-refractivity contribution in [2.75, 3.05) is 26.2 Å². The van der Waals surface area contributed by atoms with E-state index in [1.165, 1.54) is 5.39 Å². The summed E-state index contributed by atoms with van der Waals surface area (Å²) >= 11 is 4.52. The second kappa shape index (κ2) is 7.21. The van der Waals surface area contributed by atoms with Gasteiger partial charge in [-0.25, -0.2) is 9.34 Å². The van der Waals surface area contributed by atoms with Crippen molar-refractivity contribution in [2.24, 2.45) is 0 Å².